The van der Waals surface area contributed by atoms with E-state index in [0.29, 0.717) is 5.02 Å². The Morgan fingerprint density at radius 1 is 1.38 bits per heavy atom. The van der Waals surface area contributed by atoms with E-state index < -0.39 is 0 Å². The van der Waals surface area contributed by atoms with Gasteiger partial charge in [0.2, 0.25) is 0 Å². The summed E-state index contributed by atoms with van der Waals surface area (Å²) in [7, 11) is 1.97. The highest BCUT2D eigenvalue weighted by Gasteiger charge is 2.12. The lowest BCUT2D eigenvalue weighted by molar-refractivity contribution is 0.953. The molecule has 2 aromatic heterocycles. The van der Waals surface area contributed by atoms with Gasteiger partial charge < -0.3 is 4.57 Å². The lowest BCUT2D eigenvalue weighted by Crippen LogP contribution is -1.91. The second-order valence-corrected chi connectivity index (χ2v) is 4.60. The van der Waals surface area contributed by atoms with Gasteiger partial charge in [0.15, 0.2) is 5.82 Å². The van der Waals surface area contributed by atoms with Crippen LogP contribution in [0.5, 0.6) is 0 Å². The number of imidazole rings is 1. The van der Waals surface area contributed by atoms with Crippen LogP contribution in [0, 0.1) is 0 Å². The van der Waals surface area contributed by atoms with Crippen LogP contribution in [0.25, 0.3) is 22.6 Å². The normalized spacial score (nSPS) is 11.1. The fourth-order valence-electron chi connectivity index (χ4n) is 1.73. The molecule has 0 fully saturated rings. The summed E-state index contributed by atoms with van der Waals surface area (Å²) in [6.45, 7) is 0. The van der Waals surface area contributed by atoms with Crippen molar-refractivity contribution in [2.45, 2.75) is 0 Å². The Kier molecular flexibility index (Phi) is 2.19. The number of nitrogens with zero attached hydrogens (tertiary/aromatic N) is 3. The zero-order chi connectivity index (χ0) is 11.1. The van der Waals surface area contributed by atoms with E-state index in [-0.39, 0.29) is 0 Å². The van der Waals surface area contributed by atoms with E-state index in [1.165, 1.54) is 0 Å². The number of thiazole rings is 1. The molecule has 3 aromatic rings. The van der Waals surface area contributed by atoms with Gasteiger partial charge in [0.25, 0.3) is 0 Å². The van der Waals surface area contributed by atoms with E-state index in [0.717, 1.165) is 22.6 Å². The summed E-state index contributed by atoms with van der Waals surface area (Å²) < 4.78 is 2.01. The first-order chi connectivity index (χ1) is 7.77. The average molecular weight is 250 g/mol. The minimum absolute atomic E-state index is 0.676. The Labute approximate surface area is 101 Å². The fraction of sp³-hybridized carbons (Fsp3) is 0.0909. The van der Waals surface area contributed by atoms with Gasteiger partial charge in [-0.15, -0.1) is 11.3 Å². The van der Waals surface area contributed by atoms with Crippen molar-refractivity contribution in [3.63, 3.8) is 0 Å². The van der Waals surface area contributed by atoms with Crippen LogP contribution >= 0.6 is 22.9 Å². The minimum atomic E-state index is 0.676. The predicted octanol–water partition coefficient (Wildman–Crippen LogP) is 3.35. The molecule has 5 heteroatoms. The predicted molar refractivity (Wildman–Crippen MR) is 66.8 cm³/mol. The molecule has 0 atom stereocenters. The van der Waals surface area contributed by atoms with Crippen LogP contribution in [0.3, 0.4) is 0 Å². The third kappa shape index (κ3) is 1.34. The molecule has 0 saturated heterocycles. The van der Waals surface area contributed by atoms with Gasteiger partial charge in [-0.2, -0.15) is 0 Å². The highest BCUT2D eigenvalue weighted by molar-refractivity contribution is 7.07. The van der Waals surface area contributed by atoms with Crippen LogP contribution in [-0.2, 0) is 7.05 Å². The molecular weight excluding hydrogens is 242 g/mol. The molecule has 0 spiro atoms. The second-order valence-electron chi connectivity index (χ2n) is 3.48. The molecule has 0 aliphatic carbocycles. The number of hydrogen-bond acceptors (Lipinski definition) is 3. The lowest BCUT2D eigenvalue weighted by atomic mass is 10.3. The number of para-hydroxylation sites is 1. The van der Waals surface area contributed by atoms with Crippen LogP contribution in [0.4, 0.5) is 0 Å². The number of halogens is 1. The number of aryl methyl sites for hydroxylation is 1. The Balaban J connectivity index is 2.36. The maximum Gasteiger partial charge on any atom is 0.160 e. The molecular formula is C11H8ClN3S. The first-order valence-electron chi connectivity index (χ1n) is 4.77. The van der Waals surface area contributed by atoms with E-state index in [4.69, 9.17) is 11.6 Å². The molecule has 16 heavy (non-hydrogen) atoms. The topological polar surface area (TPSA) is 30.7 Å². The van der Waals surface area contributed by atoms with Gasteiger partial charge in [0.05, 0.1) is 16.0 Å². The summed E-state index contributed by atoms with van der Waals surface area (Å²) in [4.78, 5) is 8.79. The van der Waals surface area contributed by atoms with Crippen molar-refractivity contribution in [1.29, 1.82) is 0 Å². The number of benzene rings is 1. The van der Waals surface area contributed by atoms with E-state index in [2.05, 4.69) is 9.97 Å². The molecule has 3 rings (SSSR count). The molecule has 0 bridgehead atoms. The van der Waals surface area contributed by atoms with Crippen molar-refractivity contribution < 1.29 is 0 Å². The summed E-state index contributed by atoms with van der Waals surface area (Å²) >= 11 is 7.67. The molecule has 0 N–H and O–H groups in total. The van der Waals surface area contributed by atoms with Gasteiger partial charge in [0, 0.05) is 12.4 Å². The van der Waals surface area contributed by atoms with Crippen molar-refractivity contribution in [2.24, 2.45) is 7.05 Å². The third-order valence-electron chi connectivity index (χ3n) is 2.52. The number of fused-ring (bicyclic) bond motifs is 1. The SMILES string of the molecule is Cn1c(-c2cscn2)nc2c(Cl)cccc21. The molecule has 0 aliphatic rings. The summed E-state index contributed by atoms with van der Waals surface area (Å²) in [5, 5.41) is 2.66. The van der Waals surface area contributed by atoms with Gasteiger partial charge in [-0.05, 0) is 12.1 Å². The van der Waals surface area contributed by atoms with E-state index in [1.54, 1.807) is 16.8 Å². The first kappa shape index (κ1) is 9.81. The van der Waals surface area contributed by atoms with Crippen LogP contribution in [0.2, 0.25) is 5.02 Å². The standard InChI is InChI=1S/C11H8ClN3S/c1-15-9-4-2-3-7(12)10(9)14-11(15)8-5-16-6-13-8/h2-6H,1H3. The number of aromatic nitrogens is 3. The van der Waals surface area contributed by atoms with E-state index in [1.807, 2.05) is 35.2 Å². The monoisotopic (exact) mass is 249 g/mol. The quantitative estimate of drug-likeness (QED) is 0.662. The highest BCUT2D eigenvalue weighted by atomic mass is 35.5. The molecule has 0 unspecified atom stereocenters. The van der Waals surface area contributed by atoms with Gasteiger partial charge >= 0.3 is 0 Å². The highest BCUT2D eigenvalue weighted by Crippen LogP contribution is 2.27. The molecule has 3 nitrogen and oxygen atoms in total. The zero-order valence-corrected chi connectivity index (χ0v) is 10.1. The van der Waals surface area contributed by atoms with Crippen LogP contribution in [0.1, 0.15) is 0 Å². The van der Waals surface area contributed by atoms with E-state index >= 15 is 0 Å². The second kappa shape index (κ2) is 3.57. The third-order valence-corrected chi connectivity index (χ3v) is 3.42. The van der Waals surface area contributed by atoms with Crippen LogP contribution in [0.15, 0.2) is 29.1 Å². The molecule has 0 radical (unpaired) electrons. The molecule has 0 saturated carbocycles. The fourth-order valence-corrected chi connectivity index (χ4v) is 2.47. The van der Waals surface area contributed by atoms with Crippen molar-refractivity contribution in [1.82, 2.24) is 14.5 Å². The Morgan fingerprint density at radius 3 is 2.94 bits per heavy atom. The maximum atomic E-state index is 6.11. The zero-order valence-electron chi connectivity index (χ0n) is 8.51. The maximum absolute atomic E-state index is 6.11. The Hall–Kier alpha value is -1.39. The molecule has 2 heterocycles. The van der Waals surface area contributed by atoms with Gasteiger partial charge in [-0.1, -0.05) is 17.7 Å². The summed E-state index contributed by atoms with van der Waals surface area (Å²) in [5.41, 5.74) is 4.54. The molecule has 0 amide bonds. The summed E-state index contributed by atoms with van der Waals surface area (Å²) in [5.74, 6) is 0.851. The van der Waals surface area contributed by atoms with Gasteiger partial charge in [0.1, 0.15) is 11.2 Å². The largest absolute Gasteiger partial charge is 0.326 e. The first-order valence-corrected chi connectivity index (χ1v) is 6.09. The smallest absolute Gasteiger partial charge is 0.160 e. The number of hydrogen-bond donors (Lipinski definition) is 0. The Bertz CT molecular complexity index is 643. The summed E-state index contributed by atoms with van der Waals surface area (Å²) in [6, 6.07) is 5.78. The van der Waals surface area contributed by atoms with Gasteiger partial charge in [-0.25, -0.2) is 9.97 Å². The molecule has 1 aromatic carbocycles. The van der Waals surface area contributed by atoms with Crippen molar-refractivity contribution >= 4 is 34.0 Å². The van der Waals surface area contributed by atoms with Gasteiger partial charge in [-0.3, -0.25) is 0 Å². The summed E-state index contributed by atoms with van der Waals surface area (Å²) in [6.07, 6.45) is 0. The van der Waals surface area contributed by atoms with Crippen molar-refractivity contribution in [2.75, 3.05) is 0 Å². The van der Waals surface area contributed by atoms with Crippen LogP contribution < -0.4 is 0 Å². The van der Waals surface area contributed by atoms with Crippen molar-refractivity contribution in [3.8, 4) is 11.5 Å². The minimum Gasteiger partial charge on any atom is -0.326 e. The Morgan fingerprint density at radius 2 is 2.25 bits per heavy atom. The van der Waals surface area contributed by atoms with Crippen molar-refractivity contribution in [3.05, 3.63) is 34.1 Å². The lowest BCUT2D eigenvalue weighted by Gasteiger charge is -1.97. The van der Waals surface area contributed by atoms with E-state index in [9.17, 15) is 0 Å². The molecule has 0 aliphatic heterocycles. The van der Waals surface area contributed by atoms with Crippen LogP contribution in [-0.4, -0.2) is 14.5 Å². The number of rotatable bonds is 1. The molecule has 80 valence electrons. The average Bonchev–Trinajstić information content (AvgIpc) is 2.88.